The van der Waals surface area contributed by atoms with E-state index in [-0.39, 0.29) is 6.03 Å². The molecule has 0 saturated carbocycles. The number of thioether (sulfide) groups is 1. The van der Waals surface area contributed by atoms with Crippen LogP contribution in [-0.2, 0) is 17.0 Å². The Morgan fingerprint density at radius 3 is 2.88 bits per heavy atom. The smallest absolute Gasteiger partial charge is 0.317 e. The van der Waals surface area contributed by atoms with Gasteiger partial charge in [-0.1, -0.05) is 24.3 Å². The molecule has 2 heterocycles. The predicted octanol–water partition coefficient (Wildman–Crippen LogP) is 2.17. The Balaban J connectivity index is 1.46. The Kier molecular flexibility index (Phi) is 6.40. The third-order valence-corrected chi connectivity index (χ3v) is 5.38. The van der Waals surface area contributed by atoms with E-state index in [0.29, 0.717) is 12.6 Å². The van der Waals surface area contributed by atoms with Crippen molar-refractivity contribution in [2.75, 3.05) is 45.6 Å². The van der Waals surface area contributed by atoms with E-state index in [2.05, 4.69) is 40.7 Å². The summed E-state index contributed by atoms with van der Waals surface area (Å²) in [7, 11) is 0. The van der Waals surface area contributed by atoms with Gasteiger partial charge in [-0.15, -0.1) is 0 Å². The van der Waals surface area contributed by atoms with E-state index < -0.39 is 0 Å². The summed E-state index contributed by atoms with van der Waals surface area (Å²) in [5.41, 5.74) is 2.47. The molecule has 132 valence electrons. The molecule has 0 radical (unpaired) electrons. The summed E-state index contributed by atoms with van der Waals surface area (Å²) in [6.07, 6.45) is 3.17. The SMILES string of the molecule is CSCc1cccc(CNC(=O)N2CC[C@@H](N3CCOCC3)C2)c1. The van der Waals surface area contributed by atoms with Crippen LogP contribution in [0.2, 0.25) is 0 Å². The molecule has 0 spiro atoms. The van der Waals surface area contributed by atoms with Crippen molar-refractivity contribution in [3.8, 4) is 0 Å². The fourth-order valence-corrected chi connectivity index (χ4v) is 3.97. The van der Waals surface area contributed by atoms with Crippen LogP contribution in [0.5, 0.6) is 0 Å². The number of nitrogens with one attached hydrogen (secondary N) is 1. The van der Waals surface area contributed by atoms with Crippen molar-refractivity contribution < 1.29 is 9.53 Å². The Morgan fingerprint density at radius 1 is 1.29 bits per heavy atom. The van der Waals surface area contributed by atoms with Crippen LogP contribution in [0.3, 0.4) is 0 Å². The molecule has 1 aromatic rings. The van der Waals surface area contributed by atoms with Gasteiger partial charge in [-0.05, 0) is 23.8 Å². The van der Waals surface area contributed by atoms with E-state index in [1.54, 1.807) is 0 Å². The maximum Gasteiger partial charge on any atom is 0.317 e. The molecule has 2 fully saturated rings. The zero-order valence-electron chi connectivity index (χ0n) is 14.4. The van der Waals surface area contributed by atoms with E-state index >= 15 is 0 Å². The number of hydrogen-bond donors (Lipinski definition) is 1. The molecule has 0 bridgehead atoms. The van der Waals surface area contributed by atoms with Gasteiger partial charge in [0.25, 0.3) is 0 Å². The van der Waals surface area contributed by atoms with Gasteiger partial charge >= 0.3 is 6.03 Å². The first-order valence-electron chi connectivity index (χ1n) is 8.67. The number of nitrogens with zero attached hydrogens (tertiary/aromatic N) is 2. The molecular formula is C18H27N3O2S. The van der Waals surface area contributed by atoms with Gasteiger partial charge in [0.15, 0.2) is 0 Å². The summed E-state index contributed by atoms with van der Waals surface area (Å²) in [4.78, 5) is 16.8. The third-order valence-electron chi connectivity index (χ3n) is 4.76. The van der Waals surface area contributed by atoms with Crippen molar-refractivity contribution in [1.82, 2.24) is 15.1 Å². The van der Waals surface area contributed by atoms with E-state index in [9.17, 15) is 4.79 Å². The van der Waals surface area contributed by atoms with Crippen LogP contribution in [0.4, 0.5) is 4.79 Å². The van der Waals surface area contributed by atoms with Crippen molar-refractivity contribution in [3.05, 3.63) is 35.4 Å². The lowest BCUT2D eigenvalue weighted by Crippen LogP contribution is -2.46. The molecule has 1 N–H and O–H groups in total. The largest absolute Gasteiger partial charge is 0.379 e. The fraction of sp³-hybridized carbons (Fsp3) is 0.611. The molecule has 1 aromatic carbocycles. The van der Waals surface area contributed by atoms with Gasteiger partial charge in [-0.25, -0.2) is 4.79 Å². The molecule has 2 aliphatic heterocycles. The Labute approximate surface area is 148 Å². The number of rotatable bonds is 5. The highest BCUT2D eigenvalue weighted by Gasteiger charge is 2.30. The number of morpholine rings is 1. The summed E-state index contributed by atoms with van der Waals surface area (Å²) < 4.78 is 5.41. The van der Waals surface area contributed by atoms with Crippen LogP contribution in [0, 0.1) is 0 Å². The lowest BCUT2D eigenvalue weighted by molar-refractivity contribution is 0.0191. The minimum absolute atomic E-state index is 0.0565. The second-order valence-electron chi connectivity index (χ2n) is 6.45. The molecular weight excluding hydrogens is 322 g/mol. The standard InChI is InChI=1S/C18H27N3O2S/c1-24-14-16-4-2-3-15(11-16)12-19-18(22)21-6-5-17(13-21)20-7-9-23-10-8-20/h2-4,11,17H,5-10,12-14H2,1H3,(H,19,22)/t17-/m1/s1. The molecule has 2 aliphatic rings. The number of benzene rings is 1. The number of carbonyl (C=O) groups is 1. The van der Waals surface area contributed by atoms with Gasteiger partial charge in [-0.2, -0.15) is 11.8 Å². The molecule has 3 rings (SSSR count). The Morgan fingerprint density at radius 2 is 2.08 bits per heavy atom. The second-order valence-corrected chi connectivity index (χ2v) is 7.31. The van der Waals surface area contributed by atoms with Gasteiger partial charge in [0.1, 0.15) is 0 Å². The van der Waals surface area contributed by atoms with Crippen molar-refractivity contribution in [2.24, 2.45) is 0 Å². The van der Waals surface area contributed by atoms with Gasteiger partial charge in [0.2, 0.25) is 0 Å². The molecule has 1 atom stereocenters. The highest BCUT2D eigenvalue weighted by atomic mass is 32.2. The minimum atomic E-state index is 0.0565. The first-order chi connectivity index (χ1) is 11.8. The van der Waals surface area contributed by atoms with Crippen LogP contribution in [0.15, 0.2) is 24.3 Å². The number of likely N-dealkylation sites (tertiary alicyclic amines) is 1. The summed E-state index contributed by atoms with van der Waals surface area (Å²) >= 11 is 1.81. The van der Waals surface area contributed by atoms with Crippen molar-refractivity contribution in [1.29, 1.82) is 0 Å². The maximum atomic E-state index is 12.4. The summed E-state index contributed by atoms with van der Waals surface area (Å²) in [5, 5.41) is 3.07. The quantitative estimate of drug-likeness (QED) is 0.885. The number of urea groups is 1. The molecule has 5 nitrogen and oxygen atoms in total. The highest BCUT2D eigenvalue weighted by molar-refractivity contribution is 7.97. The lowest BCUT2D eigenvalue weighted by atomic mass is 10.1. The van der Waals surface area contributed by atoms with E-state index in [1.807, 2.05) is 16.7 Å². The lowest BCUT2D eigenvalue weighted by Gasteiger charge is -2.32. The number of amides is 2. The molecule has 0 aliphatic carbocycles. The molecule has 6 heteroatoms. The minimum Gasteiger partial charge on any atom is -0.379 e. The summed E-state index contributed by atoms with van der Waals surface area (Å²) in [5.74, 6) is 1.01. The van der Waals surface area contributed by atoms with E-state index in [0.717, 1.165) is 51.6 Å². The Hall–Kier alpha value is -1.24. The van der Waals surface area contributed by atoms with Gasteiger partial charge in [0.05, 0.1) is 13.2 Å². The van der Waals surface area contributed by atoms with Crippen molar-refractivity contribution in [2.45, 2.75) is 24.8 Å². The number of hydrogen-bond acceptors (Lipinski definition) is 4. The van der Waals surface area contributed by atoms with Crippen molar-refractivity contribution >= 4 is 17.8 Å². The van der Waals surface area contributed by atoms with Gasteiger partial charge in [-0.3, -0.25) is 4.90 Å². The predicted molar refractivity (Wildman–Crippen MR) is 98.3 cm³/mol. The fourth-order valence-electron chi connectivity index (χ4n) is 3.45. The summed E-state index contributed by atoms with van der Waals surface area (Å²) in [6, 6.07) is 9.00. The van der Waals surface area contributed by atoms with Crippen molar-refractivity contribution in [3.63, 3.8) is 0 Å². The van der Waals surface area contributed by atoms with Crippen LogP contribution in [0.1, 0.15) is 17.5 Å². The zero-order valence-corrected chi connectivity index (χ0v) is 15.2. The van der Waals surface area contributed by atoms with Gasteiger partial charge < -0.3 is 15.0 Å². The number of carbonyl (C=O) groups excluding carboxylic acids is 1. The Bertz CT molecular complexity index is 549. The van der Waals surface area contributed by atoms with Crippen LogP contribution < -0.4 is 5.32 Å². The molecule has 0 unspecified atom stereocenters. The molecule has 24 heavy (non-hydrogen) atoms. The summed E-state index contributed by atoms with van der Waals surface area (Å²) in [6.45, 7) is 5.88. The normalized spacial score (nSPS) is 21.9. The average Bonchev–Trinajstić information content (AvgIpc) is 3.11. The van der Waals surface area contributed by atoms with Gasteiger partial charge in [0, 0.05) is 44.5 Å². The number of ether oxygens (including phenoxy) is 1. The first-order valence-corrected chi connectivity index (χ1v) is 10.1. The first kappa shape index (κ1) is 17.6. The monoisotopic (exact) mass is 349 g/mol. The average molecular weight is 350 g/mol. The second kappa shape index (κ2) is 8.74. The van der Waals surface area contributed by atoms with E-state index in [1.165, 1.54) is 11.1 Å². The third kappa shape index (κ3) is 4.65. The molecule has 2 saturated heterocycles. The zero-order chi connectivity index (χ0) is 16.8. The molecule has 2 amide bonds. The van der Waals surface area contributed by atoms with Crippen LogP contribution in [0.25, 0.3) is 0 Å². The molecule has 0 aromatic heterocycles. The maximum absolute atomic E-state index is 12.4. The highest BCUT2D eigenvalue weighted by Crippen LogP contribution is 2.17. The van der Waals surface area contributed by atoms with E-state index in [4.69, 9.17) is 4.74 Å². The van der Waals surface area contributed by atoms with Crippen LogP contribution >= 0.6 is 11.8 Å². The van der Waals surface area contributed by atoms with Crippen LogP contribution in [-0.4, -0.2) is 67.5 Å². The topological polar surface area (TPSA) is 44.8 Å².